The van der Waals surface area contributed by atoms with E-state index in [1.807, 2.05) is 38.1 Å². The molecule has 158 valence electrons. The SMILES string of the molecule is C#Cc1ccc2c(c1)C(c1ccc(N)c(C)c1)(c1ccc(N)c(C)c1)c1cc(C#C)ccc1-2. The fourth-order valence-corrected chi connectivity index (χ4v) is 5.11. The van der Waals surface area contributed by atoms with Gasteiger partial charge in [-0.05, 0) is 94.8 Å². The highest BCUT2D eigenvalue weighted by Gasteiger charge is 2.46. The quantitative estimate of drug-likeness (QED) is 0.278. The van der Waals surface area contributed by atoms with E-state index in [1.54, 1.807) is 0 Å². The summed E-state index contributed by atoms with van der Waals surface area (Å²) in [6, 6.07) is 25.0. The average Bonchev–Trinajstić information content (AvgIpc) is 3.12. The molecule has 2 nitrogen and oxygen atoms in total. The number of hydrogen-bond donors (Lipinski definition) is 2. The van der Waals surface area contributed by atoms with Crippen LogP contribution in [0.4, 0.5) is 11.4 Å². The summed E-state index contributed by atoms with van der Waals surface area (Å²) in [7, 11) is 0. The molecule has 0 spiro atoms. The van der Waals surface area contributed by atoms with Crippen LogP contribution in [0.15, 0.2) is 72.8 Å². The maximum Gasteiger partial charge on any atom is 0.0714 e. The van der Waals surface area contributed by atoms with Crippen LogP contribution >= 0.6 is 0 Å². The fraction of sp³-hybridized carbons (Fsp3) is 0.0968. The molecule has 0 saturated heterocycles. The van der Waals surface area contributed by atoms with Gasteiger partial charge in [-0.25, -0.2) is 0 Å². The topological polar surface area (TPSA) is 52.0 Å². The van der Waals surface area contributed by atoms with Crippen LogP contribution in [0.3, 0.4) is 0 Å². The van der Waals surface area contributed by atoms with Crippen molar-refractivity contribution in [3.8, 4) is 35.8 Å². The van der Waals surface area contributed by atoms with Crippen molar-refractivity contribution in [1.82, 2.24) is 0 Å². The van der Waals surface area contributed by atoms with Gasteiger partial charge in [0.15, 0.2) is 0 Å². The summed E-state index contributed by atoms with van der Waals surface area (Å²) in [5.74, 6) is 5.63. The molecule has 0 radical (unpaired) electrons. The molecule has 5 rings (SSSR count). The smallest absolute Gasteiger partial charge is 0.0714 e. The standard InChI is InChI=1S/C31H24N2/c1-5-21-7-11-25-26-12-8-22(6-2)18-28(26)31(27(25)17-21,23-9-13-29(32)19(3)15-23)24-10-14-30(33)20(4)16-24/h1-2,7-18H,32-33H2,3-4H3. The number of terminal acetylenes is 2. The van der Waals surface area contributed by atoms with Gasteiger partial charge in [0.1, 0.15) is 0 Å². The highest BCUT2D eigenvalue weighted by Crippen LogP contribution is 2.57. The van der Waals surface area contributed by atoms with Crippen LogP contribution < -0.4 is 11.5 Å². The van der Waals surface area contributed by atoms with E-state index in [0.29, 0.717) is 0 Å². The lowest BCUT2D eigenvalue weighted by Gasteiger charge is -2.35. The largest absolute Gasteiger partial charge is 0.399 e. The van der Waals surface area contributed by atoms with E-state index in [0.717, 1.165) is 67.0 Å². The Morgan fingerprint density at radius 2 is 1.03 bits per heavy atom. The first-order valence-electron chi connectivity index (χ1n) is 10.9. The number of fused-ring (bicyclic) bond motifs is 3. The van der Waals surface area contributed by atoms with Crippen molar-refractivity contribution >= 4 is 11.4 Å². The summed E-state index contributed by atoms with van der Waals surface area (Å²) in [5, 5.41) is 0. The van der Waals surface area contributed by atoms with Gasteiger partial charge in [-0.2, -0.15) is 0 Å². The van der Waals surface area contributed by atoms with Crippen molar-refractivity contribution in [3.05, 3.63) is 117 Å². The lowest BCUT2D eigenvalue weighted by Crippen LogP contribution is -2.29. The Morgan fingerprint density at radius 3 is 1.39 bits per heavy atom. The predicted molar refractivity (Wildman–Crippen MR) is 138 cm³/mol. The lowest BCUT2D eigenvalue weighted by molar-refractivity contribution is 0.766. The number of hydrogen-bond acceptors (Lipinski definition) is 2. The molecule has 2 heteroatoms. The highest BCUT2D eigenvalue weighted by atomic mass is 14.6. The molecule has 33 heavy (non-hydrogen) atoms. The third-order valence-electron chi connectivity index (χ3n) is 6.88. The second kappa shape index (κ2) is 7.33. The Morgan fingerprint density at radius 1 is 0.606 bits per heavy atom. The lowest BCUT2D eigenvalue weighted by atomic mass is 9.66. The maximum absolute atomic E-state index is 6.22. The summed E-state index contributed by atoms with van der Waals surface area (Å²) in [4.78, 5) is 0. The first-order chi connectivity index (χ1) is 15.9. The number of benzene rings is 4. The zero-order chi connectivity index (χ0) is 23.3. The van der Waals surface area contributed by atoms with Gasteiger partial charge in [-0.1, -0.05) is 48.2 Å². The van der Waals surface area contributed by atoms with Crippen molar-refractivity contribution in [2.24, 2.45) is 0 Å². The van der Waals surface area contributed by atoms with Gasteiger partial charge < -0.3 is 11.5 Å². The van der Waals surface area contributed by atoms with Crippen molar-refractivity contribution < 1.29 is 0 Å². The molecular weight excluding hydrogens is 400 g/mol. The molecule has 0 saturated carbocycles. The van der Waals surface area contributed by atoms with Crippen LogP contribution in [-0.4, -0.2) is 0 Å². The van der Waals surface area contributed by atoms with Gasteiger partial charge in [0.25, 0.3) is 0 Å². The molecule has 0 aliphatic heterocycles. The van der Waals surface area contributed by atoms with Crippen LogP contribution in [0.25, 0.3) is 11.1 Å². The maximum atomic E-state index is 6.22. The highest BCUT2D eigenvalue weighted by molar-refractivity contribution is 5.87. The van der Waals surface area contributed by atoms with E-state index in [4.69, 9.17) is 24.3 Å². The Balaban J connectivity index is 2.01. The Labute approximate surface area is 195 Å². The van der Waals surface area contributed by atoms with Crippen LogP contribution in [-0.2, 0) is 5.41 Å². The van der Waals surface area contributed by atoms with Gasteiger partial charge in [0.05, 0.1) is 5.41 Å². The summed E-state index contributed by atoms with van der Waals surface area (Å²) in [5.41, 5.74) is 23.9. The fourth-order valence-electron chi connectivity index (χ4n) is 5.11. The van der Waals surface area contributed by atoms with Crippen molar-refractivity contribution in [2.45, 2.75) is 19.3 Å². The van der Waals surface area contributed by atoms with Gasteiger partial charge >= 0.3 is 0 Å². The molecule has 4 aromatic rings. The van der Waals surface area contributed by atoms with E-state index in [1.165, 1.54) is 0 Å². The minimum absolute atomic E-state index is 0.610. The number of anilines is 2. The summed E-state index contributed by atoms with van der Waals surface area (Å²) < 4.78 is 0. The van der Waals surface area contributed by atoms with Crippen LogP contribution in [0.5, 0.6) is 0 Å². The van der Waals surface area contributed by atoms with Crippen molar-refractivity contribution in [1.29, 1.82) is 0 Å². The van der Waals surface area contributed by atoms with Crippen LogP contribution in [0, 0.1) is 38.5 Å². The van der Waals surface area contributed by atoms with Gasteiger partial charge in [-0.3, -0.25) is 0 Å². The van der Waals surface area contributed by atoms with Crippen LogP contribution in [0.1, 0.15) is 44.5 Å². The molecule has 1 aliphatic rings. The predicted octanol–water partition coefficient (Wildman–Crippen LogP) is 5.79. The van der Waals surface area contributed by atoms with E-state index >= 15 is 0 Å². The summed E-state index contributed by atoms with van der Waals surface area (Å²) in [6.45, 7) is 4.07. The van der Waals surface area contributed by atoms with Crippen LogP contribution in [0.2, 0.25) is 0 Å². The Kier molecular flexibility index (Phi) is 4.56. The minimum atomic E-state index is -0.610. The minimum Gasteiger partial charge on any atom is -0.399 e. The van der Waals surface area contributed by atoms with Crippen molar-refractivity contribution in [2.75, 3.05) is 11.5 Å². The number of aryl methyl sites for hydroxylation is 2. The number of rotatable bonds is 2. The first kappa shape index (κ1) is 20.5. The number of nitrogens with two attached hydrogens (primary N) is 2. The molecule has 0 unspecified atom stereocenters. The normalized spacial score (nSPS) is 13.0. The molecule has 1 aliphatic carbocycles. The van der Waals surface area contributed by atoms with E-state index in [-0.39, 0.29) is 0 Å². The number of nitrogen functional groups attached to an aromatic ring is 2. The molecule has 0 bridgehead atoms. The van der Waals surface area contributed by atoms with E-state index < -0.39 is 5.41 Å². The average molecular weight is 425 g/mol. The zero-order valence-electron chi connectivity index (χ0n) is 18.7. The monoisotopic (exact) mass is 424 g/mol. The second-order valence-electron chi connectivity index (χ2n) is 8.70. The molecule has 4 aromatic carbocycles. The molecule has 4 N–H and O–H groups in total. The molecular formula is C31H24N2. The van der Waals surface area contributed by atoms with Gasteiger partial charge in [-0.15, -0.1) is 12.8 Å². The van der Waals surface area contributed by atoms with E-state index in [9.17, 15) is 0 Å². The molecule has 0 amide bonds. The summed E-state index contributed by atoms with van der Waals surface area (Å²) in [6.07, 6.45) is 11.7. The molecule has 0 heterocycles. The summed E-state index contributed by atoms with van der Waals surface area (Å²) >= 11 is 0. The van der Waals surface area contributed by atoms with E-state index in [2.05, 4.69) is 60.4 Å². The van der Waals surface area contributed by atoms with Gasteiger partial charge in [0.2, 0.25) is 0 Å². The third-order valence-corrected chi connectivity index (χ3v) is 6.88. The molecule has 0 atom stereocenters. The first-order valence-corrected chi connectivity index (χ1v) is 10.9. The third kappa shape index (κ3) is 2.85. The van der Waals surface area contributed by atoms with Gasteiger partial charge in [0, 0.05) is 22.5 Å². The molecule has 0 aromatic heterocycles. The second-order valence-corrected chi connectivity index (χ2v) is 8.70. The molecule has 0 fully saturated rings. The van der Waals surface area contributed by atoms with Crippen molar-refractivity contribution in [3.63, 3.8) is 0 Å². The zero-order valence-corrected chi connectivity index (χ0v) is 18.7. The Bertz CT molecular complexity index is 1410. The Hall–Kier alpha value is -4.40.